The number of aromatic amines is 1. The van der Waals surface area contributed by atoms with Crippen molar-refractivity contribution in [3.63, 3.8) is 0 Å². The van der Waals surface area contributed by atoms with Crippen molar-refractivity contribution in [2.45, 2.75) is 6.92 Å². The van der Waals surface area contributed by atoms with Crippen molar-refractivity contribution in [3.8, 4) is 0 Å². The smallest absolute Gasteiger partial charge is 0.259 e. The van der Waals surface area contributed by atoms with Crippen molar-refractivity contribution in [1.82, 2.24) is 15.2 Å². The monoisotopic (exact) mass is 236 g/mol. The summed E-state index contributed by atoms with van der Waals surface area (Å²) < 4.78 is 0. The number of anilines is 1. The largest absolute Gasteiger partial charge is 0.291 e. The van der Waals surface area contributed by atoms with Crippen LogP contribution in [0, 0.1) is 6.92 Å². The van der Waals surface area contributed by atoms with E-state index < -0.39 is 0 Å². The first-order chi connectivity index (χ1) is 7.68. The number of halogens is 1. The van der Waals surface area contributed by atoms with E-state index in [4.69, 9.17) is 11.6 Å². The fourth-order valence-corrected chi connectivity index (χ4v) is 1.48. The Morgan fingerprint density at radius 1 is 1.50 bits per heavy atom. The van der Waals surface area contributed by atoms with Gasteiger partial charge in [-0.2, -0.15) is 10.1 Å². The average molecular weight is 237 g/mol. The van der Waals surface area contributed by atoms with E-state index >= 15 is 0 Å². The van der Waals surface area contributed by atoms with Crippen LogP contribution in [0.4, 0.5) is 5.95 Å². The number of H-pyrrole nitrogens is 1. The Balaban J connectivity index is 2.24. The van der Waals surface area contributed by atoms with Crippen LogP contribution in [0.5, 0.6) is 0 Å². The van der Waals surface area contributed by atoms with Gasteiger partial charge >= 0.3 is 0 Å². The summed E-state index contributed by atoms with van der Waals surface area (Å²) in [6.45, 7) is 1.84. The minimum absolute atomic E-state index is 0.294. The van der Waals surface area contributed by atoms with Crippen LogP contribution in [0.15, 0.2) is 24.5 Å². The van der Waals surface area contributed by atoms with E-state index in [1.54, 1.807) is 12.1 Å². The maximum atomic E-state index is 11.8. The Bertz CT molecular complexity index is 510. The molecule has 0 saturated carbocycles. The van der Waals surface area contributed by atoms with Crippen molar-refractivity contribution in [1.29, 1.82) is 0 Å². The second-order valence-electron chi connectivity index (χ2n) is 3.22. The zero-order valence-corrected chi connectivity index (χ0v) is 9.25. The number of rotatable bonds is 2. The molecule has 1 heterocycles. The molecule has 0 radical (unpaired) electrons. The molecule has 1 amide bonds. The van der Waals surface area contributed by atoms with Crippen LogP contribution in [-0.2, 0) is 0 Å². The van der Waals surface area contributed by atoms with Gasteiger partial charge in [-0.25, -0.2) is 5.10 Å². The van der Waals surface area contributed by atoms with Crippen molar-refractivity contribution < 1.29 is 4.79 Å². The van der Waals surface area contributed by atoms with E-state index in [0.29, 0.717) is 16.5 Å². The number of amides is 1. The summed E-state index contributed by atoms with van der Waals surface area (Å²) in [5.74, 6) is -0.0203. The SMILES string of the molecule is Cc1cccc(C(=O)Nc2ncn[nH]2)c1Cl. The maximum absolute atomic E-state index is 11.8. The minimum atomic E-state index is -0.314. The van der Waals surface area contributed by atoms with Gasteiger partial charge in [0.2, 0.25) is 5.95 Å². The maximum Gasteiger partial charge on any atom is 0.259 e. The lowest BCUT2D eigenvalue weighted by molar-refractivity contribution is 0.102. The number of carbonyl (C=O) groups excluding carboxylic acids is 1. The van der Waals surface area contributed by atoms with Gasteiger partial charge in [-0.05, 0) is 18.6 Å². The molecule has 0 atom stereocenters. The highest BCUT2D eigenvalue weighted by atomic mass is 35.5. The topological polar surface area (TPSA) is 70.7 Å². The first-order valence-electron chi connectivity index (χ1n) is 4.60. The van der Waals surface area contributed by atoms with Crippen LogP contribution < -0.4 is 5.32 Å². The fourth-order valence-electron chi connectivity index (χ4n) is 1.26. The molecule has 6 heteroatoms. The molecule has 0 aliphatic heterocycles. The van der Waals surface area contributed by atoms with Crippen LogP contribution in [0.3, 0.4) is 0 Å². The van der Waals surface area contributed by atoms with Gasteiger partial charge in [0.15, 0.2) is 0 Å². The highest BCUT2D eigenvalue weighted by molar-refractivity contribution is 6.35. The molecular weight excluding hydrogens is 228 g/mol. The van der Waals surface area contributed by atoms with Crippen molar-refractivity contribution in [2.75, 3.05) is 5.32 Å². The fraction of sp³-hybridized carbons (Fsp3) is 0.100. The van der Waals surface area contributed by atoms with Crippen molar-refractivity contribution >= 4 is 23.5 Å². The third-order valence-electron chi connectivity index (χ3n) is 2.08. The van der Waals surface area contributed by atoms with Crippen molar-refractivity contribution in [2.24, 2.45) is 0 Å². The molecule has 0 spiro atoms. The summed E-state index contributed by atoms with van der Waals surface area (Å²) >= 11 is 6.02. The Labute approximate surface area is 96.8 Å². The van der Waals surface area contributed by atoms with Gasteiger partial charge in [-0.15, -0.1) is 0 Å². The van der Waals surface area contributed by atoms with E-state index in [0.717, 1.165) is 5.56 Å². The molecule has 0 fully saturated rings. The average Bonchev–Trinajstić information content (AvgIpc) is 2.74. The molecule has 1 aromatic carbocycles. The predicted octanol–water partition coefficient (Wildman–Crippen LogP) is 2.02. The van der Waals surface area contributed by atoms with E-state index in [1.807, 2.05) is 13.0 Å². The summed E-state index contributed by atoms with van der Waals surface area (Å²) in [7, 11) is 0. The van der Waals surface area contributed by atoms with Gasteiger partial charge in [0.1, 0.15) is 6.33 Å². The molecule has 5 nitrogen and oxygen atoms in total. The molecule has 0 saturated heterocycles. The third kappa shape index (κ3) is 2.04. The van der Waals surface area contributed by atoms with E-state index in [-0.39, 0.29) is 5.91 Å². The minimum Gasteiger partial charge on any atom is -0.291 e. The molecule has 2 aromatic rings. The summed E-state index contributed by atoms with van der Waals surface area (Å²) in [6, 6.07) is 5.27. The Morgan fingerprint density at radius 2 is 2.31 bits per heavy atom. The van der Waals surface area contributed by atoms with Crippen LogP contribution in [-0.4, -0.2) is 21.1 Å². The molecule has 2 rings (SSSR count). The quantitative estimate of drug-likeness (QED) is 0.838. The van der Waals surface area contributed by atoms with Crippen molar-refractivity contribution in [3.05, 3.63) is 40.7 Å². The zero-order valence-electron chi connectivity index (χ0n) is 8.49. The second kappa shape index (κ2) is 4.32. The van der Waals surface area contributed by atoms with E-state index in [2.05, 4.69) is 20.5 Å². The second-order valence-corrected chi connectivity index (χ2v) is 3.60. The Kier molecular flexibility index (Phi) is 2.87. The number of hydrogen-bond acceptors (Lipinski definition) is 3. The number of aryl methyl sites for hydroxylation is 1. The first kappa shape index (κ1) is 10.6. The number of hydrogen-bond donors (Lipinski definition) is 2. The summed E-state index contributed by atoms with van der Waals surface area (Å²) in [5.41, 5.74) is 1.27. The number of nitrogens with one attached hydrogen (secondary N) is 2. The standard InChI is InChI=1S/C10H9ClN4O/c1-6-3-2-4-7(8(6)11)9(16)14-10-12-5-13-15-10/h2-5H,1H3,(H2,12,13,14,15,16). The number of nitrogens with zero attached hydrogens (tertiary/aromatic N) is 2. The van der Waals surface area contributed by atoms with Gasteiger partial charge in [0.05, 0.1) is 10.6 Å². The molecule has 0 unspecified atom stereocenters. The molecule has 0 bridgehead atoms. The third-order valence-corrected chi connectivity index (χ3v) is 2.59. The number of aromatic nitrogens is 3. The molecule has 16 heavy (non-hydrogen) atoms. The molecule has 82 valence electrons. The first-order valence-corrected chi connectivity index (χ1v) is 4.98. The van der Waals surface area contributed by atoms with Gasteiger partial charge in [-0.1, -0.05) is 23.7 Å². The molecule has 1 aromatic heterocycles. The molecule has 0 aliphatic carbocycles. The molecular formula is C10H9ClN4O. The Morgan fingerprint density at radius 3 is 3.00 bits per heavy atom. The van der Waals surface area contributed by atoms with E-state index in [9.17, 15) is 4.79 Å². The summed E-state index contributed by atoms with van der Waals surface area (Å²) in [4.78, 5) is 15.6. The van der Waals surface area contributed by atoms with Gasteiger partial charge in [0, 0.05) is 0 Å². The molecule has 2 N–H and O–H groups in total. The van der Waals surface area contributed by atoms with Crippen LogP contribution in [0.25, 0.3) is 0 Å². The molecule has 0 aliphatic rings. The summed E-state index contributed by atoms with van der Waals surface area (Å²) in [6.07, 6.45) is 1.31. The normalized spacial score (nSPS) is 10.1. The Hall–Kier alpha value is -1.88. The van der Waals surface area contributed by atoms with Crippen LogP contribution in [0.2, 0.25) is 5.02 Å². The van der Waals surface area contributed by atoms with Crippen LogP contribution in [0.1, 0.15) is 15.9 Å². The predicted molar refractivity (Wildman–Crippen MR) is 60.5 cm³/mol. The summed E-state index contributed by atoms with van der Waals surface area (Å²) in [5, 5.41) is 9.16. The highest BCUT2D eigenvalue weighted by Crippen LogP contribution is 2.20. The number of benzene rings is 1. The number of carbonyl (C=O) groups is 1. The lowest BCUT2D eigenvalue weighted by Crippen LogP contribution is -2.13. The van der Waals surface area contributed by atoms with Crippen LogP contribution >= 0.6 is 11.6 Å². The van der Waals surface area contributed by atoms with Gasteiger partial charge < -0.3 is 0 Å². The zero-order chi connectivity index (χ0) is 11.5. The highest BCUT2D eigenvalue weighted by Gasteiger charge is 2.12. The lowest BCUT2D eigenvalue weighted by atomic mass is 10.1. The van der Waals surface area contributed by atoms with E-state index in [1.165, 1.54) is 6.33 Å². The van der Waals surface area contributed by atoms with Gasteiger partial charge in [0.25, 0.3) is 5.91 Å². The van der Waals surface area contributed by atoms with Gasteiger partial charge in [-0.3, -0.25) is 10.1 Å². The lowest BCUT2D eigenvalue weighted by Gasteiger charge is -2.05.